The Morgan fingerprint density at radius 3 is 2.32 bits per heavy atom. The monoisotopic (exact) mass is 384 g/mol. The molecule has 0 aliphatic carbocycles. The standard InChI is InChI=1S/C18H12N2O8/c1-9-14(10-2-4-11(5-3-10)19(22)23)16(21)15-12(20(24)25)8-13-17(18(15)28-9)27-7-6-26-13/h2-5,8H,6-7H2,1H3. The summed E-state index contributed by atoms with van der Waals surface area (Å²) in [6.07, 6.45) is 0. The van der Waals surface area contributed by atoms with Crippen LogP contribution in [0.1, 0.15) is 5.76 Å². The van der Waals surface area contributed by atoms with Crippen molar-refractivity contribution in [1.29, 1.82) is 0 Å². The molecule has 142 valence electrons. The Hall–Kier alpha value is -3.95. The molecular weight excluding hydrogens is 372 g/mol. The second-order valence-electron chi connectivity index (χ2n) is 6.05. The van der Waals surface area contributed by atoms with Gasteiger partial charge in [-0.2, -0.15) is 0 Å². The van der Waals surface area contributed by atoms with Crippen LogP contribution in [-0.4, -0.2) is 23.1 Å². The molecule has 0 atom stereocenters. The maximum absolute atomic E-state index is 13.2. The van der Waals surface area contributed by atoms with E-state index in [2.05, 4.69) is 0 Å². The average Bonchev–Trinajstić information content (AvgIpc) is 2.67. The highest BCUT2D eigenvalue weighted by molar-refractivity contribution is 5.96. The van der Waals surface area contributed by atoms with Crippen LogP contribution < -0.4 is 14.9 Å². The molecule has 0 amide bonds. The smallest absolute Gasteiger partial charge is 0.288 e. The van der Waals surface area contributed by atoms with Crippen LogP contribution in [0.15, 0.2) is 39.5 Å². The lowest BCUT2D eigenvalue weighted by Crippen LogP contribution is -2.17. The van der Waals surface area contributed by atoms with Crippen LogP contribution in [0.2, 0.25) is 0 Å². The molecule has 2 aromatic carbocycles. The van der Waals surface area contributed by atoms with Crippen LogP contribution in [0.5, 0.6) is 11.5 Å². The van der Waals surface area contributed by atoms with Gasteiger partial charge in [0.1, 0.15) is 24.4 Å². The number of ether oxygens (including phenoxy) is 2. The number of non-ortho nitro benzene ring substituents is 2. The molecule has 1 aromatic heterocycles. The first-order valence-corrected chi connectivity index (χ1v) is 8.17. The number of nitro benzene ring substituents is 2. The molecule has 0 spiro atoms. The van der Waals surface area contributed by atoms with E-state index in [-0.39, 0.29) is 52.7 Å². The van der Waals surface area contributed by atoms with Gasteiger partial charge < -0.3 is 13.9 Å². The lowest BCUT2D eigenvalue weighted by atomic mass is 10.0. The van der Waals surface area contributed by atoms with Crippen molar-refractivity contribution in [2.75, 3.05) is 13.2 Å². The second-order valence-corrected chi connectivity index (χ2v) is 6.05. The van der Waals surface area contributed by atoms with E-state index in [1.165, 1.54) is 31.2 Å². The molecule has 0 saturated heterocycles. The highest BCUT2D eigenvalue weighted by Gasteiger charge is 2.29. The van der Waals surface area contributed by atoms with Gasteiger partial charge in [0, 0.05) is 12.1 Å². The Morgan fingerprint density at radius 2 is 1.68 bits per heavy atom. The summed E-state index contributed by atoms with van der Waals surface area (Å²) in [7, 11) is 0. The van der Waals surface area contributed by atoms with Crippen LogP contribution in [0.3, 0.4) is 0 Å². The van der Waals surface area contributed by atoms with E-state index in [0.717, 1.165) is 6.07 Å². The first kappa shape index (κ1) is 17.5. The highest BCUT2D eigenvalue weighted by atomic mass is 16.6. The van der Waals surface area contributed by atoms with E-state index in [9.17, 15) is 25.0 Å². The molecule has 10 heteroatoms. The summed E-state index contributed by atoms with van der Waals surface area (Å²) in [5.41, 5.74) is -0.855. The molecule has 3 aromatic rings. The molecule has 28 heavy (non-hydrogen) atoms. The summed E-state index contributed by atoms with van der Waals surface area (Å²) in [5.74, 6) is 0.474. The SMILES string of the molecule is Cc1oc2c3c(cc([N+](=O)[O-])c2c(=O)c1-c1ccc([N+](=O)[O-])cc1)OCCO3. The summed E-state index contributed by atoms with van der Waals surface area (Å²) < 4.78 is 16.7. The molecule has 1 aliphatic rings. The number of aryl methyl sites for hydroxylation is 1. The van der Waals surface area contributed by atoms with Crippen LogP contribution in [0.4, 0.5) is 11.4 Å². The van der Waals surface area contributed by atoms with Crippen molar-refractivity contribution in [3.8, 4) is 22.6 Å². The van der Waals surface area contributed by atoms with E-state index in [1.807, 2.05) is 0 Å². The van der Waals surface area contributed by atoms with Gasteiger partial charge in [0.05, 0.1) is 21.5 Å². The largest absolute Gasteiger partial charge is 0.486 e. The molecule has 4 rings (SSSR count). The molecule has 0 bridgehead atoms. The first-order chi connectivity index (χ1) is 13.4. The van der Waals surface area contributed by atoms with Crippen LogP contribution in [-0.2, 0) is 0 Å². The fourth-order valence-electron chi connectivity index (χ4n) is 3.18. The maximum atomic E-state index is 13.2. The lowest BCUT2D eigenvalue weighted by molar-refractivity contribution is -0.384. The third-order valence-corrected chi connectivity index (χ3v) is 4.39. The van der Waals surface area contributed by atoms with Crippen LogP contribution in [0.25, 0.3) is 22.1 Å². The van der Waals surface area contributed by atoms with Gasteiger partial charge in [-0.3, -0.25) is 25.0 Å². The Labute approximate surface area is 156 Å². The van der Waals surface area contributed by atoms with Crippen molar-refractivity contribution in [2.24, 2.45) is 0 Å². The van der Waals surface area contributed by atoms with Crippen molar-refractivity contribution >= 4 is 22.3 Å². The maximum Gasteiger partial charge on any atom is 0.288 e. The van der Waals surface area contributed by atoms with Crippen molar-refractivity contribution in [2.45, 2.75) is 6.92 Å². The van der Waals surface area contributed by atoms with E-state index in [1.54, 1.807) is 0 Å². The summed E-state index contributed by atoms with van der Waals surface area (Å²) in [6.45, 7) is 1.97. The van der Waals surface area contributed by atoms with Crippen molar-refractivity contribution in [1.82, 2.24) is 0 Å². The van der Waals surface area contributed by atoms with Crippen molar-refractivity contribution in [3.05, 3.63) is 66.5 Å². The zero-order valence-corrected chi connectivity index (χ0v) is 14.5. The number of benzene rings is 2. The molecule has 1 aliphatic heterocycles. The average molecular weight is 384 g/mol. The van der Waals surface area contributed by atoms with Gasteiger partial charge in [0.2, 0.25) is 11.2 Å². The molecule has 10 nitrogen and oxygen atoms in total. The Balaban J connectivity index is 2.05. The van der Waals surface area contributed by atoms with E-state index in [4.69, 9.17) is 13.9 Å². The fourth-order valence-corrected chi connectivity index (χ4v) is 3.18. The van der Waals surface area contributed by atoms with Crippen LogP contribution >= 0.6 is 0 Å². The predicted octanol–water partition coefficient (Wildman–Crippen LogP) is 3.36. The number of nitro groups is 2. The van der Waals surface area contributed by atoms with E-state index in [0.29, 0.717) is 5.56 Å². The fraction of sp³-hybridized carbons (Fsp3) is 0.167. The Kier molecular flexibility index (Phi) is 3.95. The first-order valence-electron chi connectivity index (χ1n) is 8.17. The molecule has 0 saturated carbocycles. The van der Waals surface area contributed by atoms with Gasteiger partial charge in [0.25, 0.3) is 11.4 Å². The van der Waals surface area contributed by atoms with Crippen molar-refractivity contribution in [3.63, 3.8) is 0 Å². The Morgan fingerprint density at radius 1 is 1.00 bits per heavy atom. The zero-order valence-electron chi connectivity index (χ0n) is 14.5. The number of fused-ring (bicyclic) bond motifs is 3. The molecule has 0 N–H and O–H groups in total. The minimum Gasteiger partial charge on any atom is -0.486 e. The van der Waals surface area contributed by atoms with Gasteiger partial charge >= 0.3 is 0 Å². The van der Waals surface area contributed by atoms with Gasteiger partial charge in [0.15, 0.2) is 11.3 Å². The third-order valence-electron chi connectivity index (χ3n) is 4.39. The second kappa shape index (κ2) is 6.34. The topological polar surface area (TPSA) is 135 Å². The highest BCUT2D eigenvalue weighted by Crippen LogP contribution is 2.43. The molecule has 0 unspecified atom stereocenters. The quantitative estimate of drug-likeness (QED) is 0.495. The summed E-state index contributed by atoms with van der Waals surface area (Å²) in [6, 6.07) is 6.43. The number of nitrogens with zero attached hydrogens (tertiary/aromatic N) is 2. The molecule has 2 heterocycles. The summed E-state index contributed by atoms with van der Waals surface area (Å²) in [5, 5.41) is 22.2. The lowest BCUT2D eigenvalue weighted by Gasteiger charge is -2.19. The molecule has 0 fully saturated rings. The number of hydrogen-bond acceptors (Lipinski definition) is 8. The zero-order chi connectivity index (χ0) is 20.0. The summed E-state index contributed by atoms with van der Waals surface area (Å²) in [4.78, 5) is 34.3. The van der Waals surface area contributed by atoms with Gasteiger partial charge in [-0.05, 0) is 24.6 Å². The van der Waals surface area contributed by atoms with Gasteiger partial charge in [-0.1, -0.05) is 0 Å². The predicted molar refractivity (Wildman–Crippen MR) is 97.0 cm³/mol. The number of hydrogen-bond donors (Lipinski definition) is 0. The number of rotatable bonds is 3. The molecule has 0 radical (unpaired) electrons. The normalized spacial score (nSPS) is 12.8. The van der Waals surface area contributed by atoms with E-state index < -0.39 is 21.0 Å². The minimum absolute atomic E-state index is 0.0583. The van der Waals surface area contributed by atoms with Crippen LogP contribution in [0, 0.1) is 27.2 Å². The Bertz CT molecular complexity index is 1200. The minimum atomic E-state index is -0.688. The van der Waals surface area contributed by atoms with E-state index >= 15 is 0 Å². The van der Waals surface area contributed by atoms with Gasteiger partial charge in [-0.25, -0.2) is 0 Å². The molecular formula is C18H12N2O8. The third kappa shape index (κ3) is 2.62. The van der Waals surface area contributed by atoms with Crippen molar-refractivity contribution < 1.29 is 23.7 Å². The van der Waals surface area contributed by atoms with Gasteiger partial charge in [-0.15, -0.1) is 0 Å². The summed E-state index contributed by atoms with van der Waals surface area (Å²) >= 11 is 0.